The molecular formula is C23H29F4N3O3. The average molecular weight is 471 g/mol. The normalized spacial score (nSPS) is 28.5. The van der Waals surface area contributed by atoms with E-state index in [0.29, 0.717) is 12.8 Å². The standard InChI is InChI=1S/C23H29F4N3O3/c1-14-7-9-18(30-21(31)29-16-5-3-2-4-6-16)20(28-14)33-19-10-8-15(24)13-17(19)22(11-12-32-22)23(25,26)27/h8,10,13-14,16,18H,2-7,9,11-12H2,1H3,(H2,29,30,31). The van der Waals surface area contributed by atoms with Crippen molar-refractivity contribution in [3.05, 3.63) is 29.6 Å². The number of aliphatic imine (C=N–C) groups is 1. The van der Waals surface area contributed by atoms with E-state index in [1.54, 1.807) is 0 Å². The Kier molecular flexibility index (Phi) is 6.83. The van der Waals surface area contributed by atoms with Gasteiger partial charge >= 0.3 is 12.2 Å². The predicted octanol–water partition coefficient (Wildman–Crippen LogP) is 4.96. The van der Waals surface area contributed by atoms with Crippen LogP contribution in [0.5, 0.6) is 5.75 Å². The van der Waals surface area contributed by atoms with E-state index in [1.807, 2.05) is 6.92 Å². The van der Waals surface area contributed by atoms with Crippen molar-refractivity contribution < 1.29 is 31.8 Å². The number of carbonyl (C=O) groups is 1. The second kappa shape index (κ2) is 9.48. The lowest BCUT2D eigenvalue weighted by Gasteiger charge is -2.43. The van der Waals surface area contributed by atoms with E-state index in [4.69, 9.17) is 9.47 Å². The summed E-state index contributed by atoms with van der Waals surface area (Å²) in [4.78, 5) is 17.0. The Bertz CT molecular complexity index is 895. The van der Waals surface area contributed by atoms with Crippen molar-refractivity contribution in [2.75, 3.05) is 6.61 Å². The van der Waals surface area contributed by atoms with Crippen LogP contribution in [0.1, 0.15) is 63.9 Å². The average Bonchev–Trinajstić information content (AvgIpc) is 2.70. The van der Waals surface area contributed by atoms with Gasteiger partial charge in [0.15, 0.2) is 5.60 Å². The minimum atomic E-state index is -4.74. The number of alkyl halides is 3. The fraction of sp³-hybridized carbons (Fsp3) is 0.652. The van der Waals surface area contributed by atoms with Crippen LogP contribution in [0.2, 0.25) is 0 Å². The van der Waals surface area contributed by atoms with Crippen LogP contribution < -0.4 is 15.4 Å². The number of amides is 2. The number of hydrogen-bond donors (Lipinski definition) is 2. The van der Waals surface area contributed by atoms with Gasteiger partial charge in [-0.1, -0.05) is 19.3 Å². The zero-order valence-electron chi connectivity index (χ0n) is 18.5. The molecule has 0 radical (unpaired) electrons. The zero-order chi connectivity index (χ0) is 23.6. The third kappa shape index (κ3) is 5.10. The first kappa shape index (κ1) is 23.8. The van der Waals surface area contributed by atoms with Crippen LogP contribution in [0.3, 0.4) is 0 Å². The van der Waals surface area contributed by atoms with Gasteiger partial charge in [-0.3, -0.25) is 4.99 Å². The van der Waals surface area contributed by atoms with Crippen molar-refractivity contribution in [1.29, 1.82) is 0 Å². The summed E-state index contributed by atoms with van der Waals surface area (Å²) in [7, 11) is 0. The van der Waals surface area contributed by atoms with E-state index in [0.717, 1.165) is 50.3 Å². The van der Waals surface area contributed by atoms with E-state index in [-0.39, 0.29) is 42.8 Å². The van der Waals surface area contributed by atoms with Crippen LogP contribution in [0, 0.1) is 5.82 Å². The first-order valence-corrected chi connectivity index (χ1v) is 11.5. The van der Waals surface area contributed by atoms with Gasteiger partial charge in [0, 0.05) is 18.0 Å². The number of nitrogens with zero attached hydrogens (tertiary/aromatic N) is 1. The molecule has 1 saturated carbocycles. The molecule has 1 aliphatic carbocycles. The highest BCUT2D eigenvalue weighted by atomic mass is 19.4. The van der Waals surface area contributed by atoms with Crippen molar-refractivity contribution in [2.45, 2.75) is 88.2 Å². The number of hydrogen-bond acceptors (Lipinski definition) is 4. The van der Waals surface area contributed by atoms with Gasteiger partial charge in [-0.15, -0.1) is 0 Å². The minimum absolute atomic E-state index is 0.0844. The van der Waals surface area contributed by atoms with E-state index in [9.17, 15) is 22.4 Å². The lowest BCUT2D eigenvalue weighted by atomic mass is 9.85. The molecular weight excluding hydrogens is 442 g/mol. The van der Waals surface area contributed by atoms with Crippen LogP contribution in [0.25, 0.3) is 0 Å². The number of rotatable bonds is 4. The molecule has 2 heterocycles. The molecule has 0 aromatic heterocycles. The molecule has 2 fully saturated rings. The van der Waals surface area contributed by atoms with E-state index >= 15 is 0 Å². The lowest BCUT2D eigenvalue weighted by Crippen LogP contribution is -2.53. The summed E-state index contributed by atoms with van der Waals surface area (Å²) < 4.78 is 66.4. The zero-order valence-corrected chi connectivity index (χ0v) is 18.5. The molecule has 3 unspecified atom stereocenters. The molecule has 2 amide bonds. The number of carbonyl (C=O) groups excluding carboxylic acids is 1. The van der Waals surface area contributed by atoms with Crippen molar-refractivity contribution in [2.24, 2.45) is 4.99 Å². The highest BCUT2D eigenvalue weighted by Crippen LogP contribution is 2.52. The fourth-order valence-electron chi connectivity index (χ4n) is 4.68. The van der Waals surface area contributed by atoms with Crippen molar-refractivity contribution in [3.8, 4) is 5.75 Å². The summed E-state index contributed by atoms with van der Waals surface area (Å²) in [6.07, 6.45) is 1.28. The van der Waals surface area contributed by atoms with Crippen molar-refractivity contribution in [1.82, 2.24) is 10.6 Å². The number of benzene rings is 1. The largest absolute Gasteiger partial charge is 0.441 e. The second-order valence-corrected chi connectivity index (χ2v) is 9.06. The molecule has 0 bridgehead atoms. The third-order valence-corrected chi connectivity index (χ3v) is 6.62. The highest BCUT2D eigenvalue weighted by Gasteiger charge is 2.62. The van der Waals surface area contributed by atoms with Crippen molar-refractivity contribution in [3.63, 3.8) is 0 Å². The summed E-state index contributed by atoms with van der Waals surface area (Å²) in [5.41, 5.74) is -3.04. The van der Waals surface area contributed by atoms with E-state index in [1.165, 1.54) is 0 Å². The first-order valence-electron chi connectivity index (χ1n) is 11.5. The molecule has 1 aromatic rings. The molecule has 1 saturated heterocycles. The Morgan fingerprint density at radius 1 is 1.15 bits per heavy atom. The van der Waals surface area contributed by atoms with Gasteiger partial charge in [0.1, 0.15) is 17.6 Å². The Morgan fingerprint density at radius 3 is 2.52 bits per heavy atom. The highest BCUT2D eigenvalue weighted by molar-refractivity contribution is 5.89. The van der Waals surface area contributed by atoms with Gasteiger partial charge in [-0.2, -0.15) is 13.2 Å². The second-order valence-electron chi connectivity index (χ2n) is 9.06. The third-order valence-electron chi connectivity index (χ3n) is 6.62. The molecule has 2 N–H and O–H groups in total. The van der Waals surface area contributed by atoms with Crippen LogP contribution in [-0.4, -0.2) is 42.8 Å². The summed E-state index contributed by atoms with van der Waals surface area (Å²) in [5, 5.41) is 5.82. The predicted molar refractivity (Wildman–Crippen MR) is 114 cm³/mol. The molecule has 6 nitrogen and oxygen atoms in total. The molecule has 1 aromatic carbocycles. The molecule has 3 aliphatic rings. The lowest BCUT2D eigenvalue weighted by molar-refractivity contribution is -0.333. The monoisotopic (exact) mass is 471 g/mol. The summed E-state index contributed by atoms with van der Waals surface area (Å²) in [6, 6.07) is 2.01. The Morgan fingerprint density at radius 2 is 1.88 bits per heavy atom. The van der Waals surface area contributed by atoms with Gasteiger partial charge in [-0.05, 0) is 50.8 Å². The molecule has 2 aliphatic heterocycles. The number of urea groups is 1. The molecule has 33 heavy (non-hydrogen) atoms. The molecule has 182 valence electrons. The maximum absolute atomic E-state index is 14.0. The summed E-state index contributed by atoms with van der Waals surface area (Å²) in [6.45, 7) is 1.78. The minimum Gasteiger partial charge on any atom is -0.441 e. The van der Waals surface area contributed by atoms with E-state index < -0.39 is 29.2 Å². The van der Waals surface area contributed by atoms with Gasteiger partial charge in [0.25, 0.3) is 0 Å². The van der Waals surface area contributed by atoms with Crippen LogP contribution >= 0.6 is 0 Å². The maximum Gasteiger partial charge on any atom is 0.421 e. The Hall–Kier alpha value is -2.36. The fourth-order valence-corrected chi connectivity index (χ4v) is 4.68. The van der Waals surface area contributed by atoms with Gasteiger partial charge in [-0.25, -0.2) is 9.18 Å². The topological polar surface area (TPSA) is 72.0 Å². The summed E-state index contributed by atoms with van der Waals surface area (Å²) in [5.74, 6) is -0.894. The molecule has 3 atom stereocenters. The van der Waals surface area contributed by atoms with Gasteiger partial charge in [0.05, 0.1) is 12.6 Å². The number of ether oxygens (including phenoxy) is 2. The van der Waals surface area contributed by atoms with Crippen molar-refractivity contribution >= 4 is 11.9 Å². The SMILES string of the molecule is CC1CCC(NC(=O)NC2CCCCC2)C(Oc2ccc(F)cc2C2(C(F)(F)F)CCO2)=N1. The van der Waals surface area contributed by atoms with Crippen LogP contribution in [0.4, 0.5) is 22.4 Å². The van der Waals surface area contributed by atoms with Gasteiger partial charge in [0.2, 0.25) is 5.90 Å². The summed E-state index contributed by atoms with van der Waals surface area (Å²) >= 11 is 0. The molecule has 10 heteroatoms. The van der Waals surface area contributed by atoms with E-state index in [2.05, 4.69) is 15.6 Å². The van der Waals surface area contributed by atoms with Crippen LogP contribution in [0.15, 0.2) is 23.2 Å². The molecule has 0 spiro atoms. The Balaban J connectivity index is 1.54. The molecule has 4 rings (SSSR count). The number of halogens is 4. The van der Waals surface area contributed by atoms with Gasteiger partial charge < -0.3 is 20.1 Å². The van der Waals surface area contributed by atoms with Crippen LogP contribution in [-0.2, 0) is 10.3 Å². The number of nitrogens with one attached hydrogen (secondary N) is 2. The Labute approximate surface area is 190 Å². The quantitative estimate of drug-likeness (QED) is 0.610. The maximum atomic E-state index is 14.0. The first-order chi connectivity index (χ1) is 15.7. The smallest absolute Gasteiger partial charge is 0.421 e.